The van der Waals surface area contributed by atoms with Crippen molar-refractivity contribution in [3.8, 4) is 0 Å². The first kappa shape index (κ1) is 30.1. The van der Waals surface area contributed by atoms with Crippen molar-refractivity contribution in [1.82, 2.24) is 5.32 Å². The van der Waals surface area contributed by atoms with Crippen molar-refractivity contribution in [1.29, 1.82) is 0 Å². The van der Waals surface area contributed by atoms with Crippen molar-refractivity contribution < 1.29 is 19.2 Å². The van der Waals surface area contributed by atoms with E-state index in [1.54, 1.807) is 84.9 Å². The predicted molar refractivity (Wildman–Crippen MR) is 171 cm³/mol. The van der Waals surface area contributed by atoms with Crippen molar-refractivity contribution in [3.05, 3.63) is 129 Å². The minimum atomic E-state index is -0.578. The van der Waals surface area contributed by atoms with Crippen LogP contribution >= 0.6 is 35.0 Å². The molecule has 0 radical (unpaired) electrons. The first-order valence-corrected chi connectivity index (χ1v) is 14.9. The van der Waals surface area contributed by atoms with Gasteiger partial charge in [0.15, 0.2) is 0 Å². The number of aryl methyl sites for hydroxylation is 1. The summed E-state index contributed by atoms with van der Waals surface area (Å²) in [4.78, 5) is 53.9. The van der Waals surface area contributed by atoms with E-state index in [1.165, 1.54) is 22.7 Å². The molecule has 0 aliphatic carbocycles. The van der Waals surface area contributed by atoms with Crippen LogP contribution in [0.3, 0.4) is 0 Å². The Hall–Kier alpha value is -4.37. The van der Waals surface area contributed by atoms with Crippen LogP contribution in [0.5, 0.6) is 0 Å². The molecule has 7 nitrogen and oxygen atoms in total. The molecule has 1 fully saturated rings. The van der Waals surface area contributed by atoms with Crippen LogP contribution in [0.25, 0.3) is 6.08 Å². The van der Waals surface area contributed by atoms with Gasteiger partial charge in [-0.05, 0) is 73.2 Å². The fourth-order valence-corrected chi connectivity index (χ4v) is 5.79. The van der Waals surface area contributed by atoms with Gasteiger partial charge in [0.05, 0.1) is 21.0 Å². The van der Waals surface area contributed by atoms with Gasteiger partial charge in [-0.25, -0.2) is 4.90 Å². The Bertz CT molecular complexity index is 1730. The van der Waals surface area contributed by atoms with Crippen LogP contribution in [-0.2, 0) is 14.4 Å². The predicted octanol–water partition coefficient (Wildman–Crippen LogP) is 7.14. The van der Waals surface area contributed by atoms with Crippen LogP contribution in [0, 0.1) is 6.92 Å². The SMILES string of the molecule is Cc1ccc(N2C(=O)CC(Sc3ccc(NC(=O)/C(=C/c4cccc(Cl)c4Cl)NC(=O)c4ccccc4)cc3)C2=O)cc1. The summed E-state index contributed by atoms with van der Waals surface area (Å²) in [5, 5.41) is 5.45. The number of benzene rings is 4. The number of rotatable bonds is 8. The monoisotopic (exact) mass is 629 g/mol. The van der Waals surface area contributed by atoms with Gasteiger partial charge in [-0.1, -0.05) is 71.2 Å². The minimum absolute atomic E-state index is 0.0391. The van der Waals surface area contributed by atoms with Gasteiger partial charge in [0.2, 0.25) is 11.8 Å². The lowest BCUT2D eigenvalue weighted by molar-refractivity contribution is -0.121. The quantitative estimate of drug-likeness (QED) is 0.160. The lowest BCUT2D eigenvalue weighted by atomic mass is 10.1. The molecule has 4 amide bonds. The van der Waals surface area contributed by atoms with Crippen molar-refractivity contribution in [2.45, 2.75) is 23.5 Å². The van der Waals surface area contributed by atoms with Crippen LogP contribution in [-0.4, -0.2) is 28.9 Å². The standard InChI is InChI=1S/C33H25Cl2N3O4S/c1-20-10-14-24(15-11-20)38-29(39)19-28(33(38)42)43-25-16-12-23(13-17-25)36-32(41)27(18-22-8-5-9-26(34)30(22)35)37-31(40)21-6-3-2-4-7-21/h2-18,28H,19H2,1H3,(H,36,41)(H,37,40)/b27-18-. The Morgan fingerprint density at radius 1 is 0.884 bits per heavy atom. The van der Waals surface area contributed by atoms with E-state index in [1.807, 2.05) is 19.1 Å². The van der Waals surface area contributed by atoms with Gasteiger partial charge in [-0.15, -0.1) is 11.8 Å². The summed E-state index contributed by atoms with van der Waals surface area (Å²) < 4.78 is 0. The lowest BCUT2D eigenvalue weighted by Crippen LogP contribution is -2.31. The highest BCUT2D eigenvalue weighted by Crippen LogP contribution is 2.34. The molecule has 216 valence electrons. The van der Waals surface area contributed by atoms with Crippen molar-refractivity contribution in [3.63, 3.8) is 0 Å². The number of nitrogens with one attached hydrogen (secondary N) is 2. The summed E-state index contributed by atoms with van der Waals surface area (Å²) in [5.74, 6) is -1.56. The number of halogens is 2. The van der Waals surface area contributed by atoms with E-state index in [0.717, 1.165) is 10.5 Å². The van der Waals surface area contributed by atoms with Crippen LogP contribution in [0.2, 0.25) is 10.0 Å². The average molecular weight is 631 g/mol. The van der Waals surface area contributed by atoms with E-state index >= 15 is 0 Å². The van der Waals surface area contributed by atoms with Crippen molar-refractivity contribution >= 4 is 76.0 Å². The Kier molecular flexibility index (Phi) is 9.31. The maximum Gasteiger partial charge on any atom is 0.272 e. The second kappa shape index (κ2) is 13.3. The van der Waals surface area contributed by atoms with Crippen LogP contribution < -0.4 is 15.5 Å². The summed E-state index contributed by atoms with van der Waals surface area (Å²) in [6.07, 6.45) is 1.55. The third-order valence-corrected chi connectivity index (χ3v) is 8.63. The highest BCUT2D eigenvalue weighted by atomic mass is 35.5. The molecule has 4 aromatic rings. The highest BCUT2D eigenvalue weighted by Gasteiger charge is 2.40. The van der Waals surface area contributed by atoms with E-state index in [0.29, 0.717) is 27.5 Å². The molecule has 4 aromatic carbocycles. The minimum Gasteiger partial charge on any atom is -0.321 e. The fourth-order valence-electron chi connectivity index (χ4n) is 4.37. The second-order valence-corrected chi connectivity index (χ2v) is 11.8. The molecule has 1 aliphatic heterocycles. The zero-order chi connectivity index (χ0) is 30.5. The van der Waals surface area contributed by atoms with Gasteiger partial charge in [0.25, 0.3) is 11.8 Å². The lowest BCUT2D eigenvalue weighted by Gasteiger charge is -2.15. The van der Waals surface area contributed by atoms with Crippen LogP contribution in [0.15, 0.2) is 108 Å². The second-order valence-electron chi connectivity index (χ2n) is 9.71. The Morgan fingerprint density at radius 3 is 2.28 bits per heavy atom. The van der Waals surface area contributed by atoms with E-state index in [9.17, 15) is 19.2 Å². The summed E-state index contributed by atoms with van der Waals surface area (Å²) >= 11 is 13.8. The number of carbonyl (C=O) groups is 4. The molecule has 0 bridgehead atoms. The van der Waals surface area contributed by atoms with E-state index in [2.05, 4.69) is 10.6 Å². The van der Waals surface area contributed by atoms with E-state index in [-0.39, 0.29) is 29.0 Å². The van der Waals surface area contributed by atoms with Crippen molar-refractivity contribution in [2.24, 2.45) is 0 Å². The number of imide groups is 1. The molecular weight excluding hydrogens is 605 g/mol. The van der Waals surface area contributed by atoms with Crippen LogP contribution in [0.4, 0.5) is 11.4 Å². The number of hydrogen-bond donors (Lipinski definition) is 2. The Morgan fingerprint density at radius 2 is 1.58 bits per heavy atom. The maximum absolute atomic E-state index is 13.4. The topological polar surface area (TPSA) is 95.6 Å². The third-order valence-electron chi connectivity index (χ3n) is 6.60. The fraction of sp³-hybridized carbons (Fsp3) is 0.0909. The molecule has 1 atom stereocenters. The molecule has 43 heavy (non-hydrogen) atoms. The Balaban J connectivity index is 1.30. The first-order chi connectivity index (χ1) is 20.7. The molecule has 0 spiro atoms. The summed E-state index contributed by atoms with van der Waals surface area (Å²) in [7, 11) is 0. The van der Waals surface area contributed by atoms with Gasteiger partial charge < -0.3 is 10.6 Å². The smallest absolute Gasteiger partial charge is 0.272 e. The number of carbonyl (C=O) groups excluding carboxylic acids is 4. The summed E-state index contributed by atoms with van der Waals surface area (Å²) in [6.45, 7) is 1.94. The van der Waals surface area contributed by atoms with Gasteiger partial charge in [-0.3, -0.25) is 19.2 Å². The molecular formula is C33H25Cl2N3O4S. The largest absolute Gasteiger partial charge is 0.321 e. The molecule has 5 rings (SSSR count). The molecule has 1 aliphatic rings. The van der Waals surface area contributed by atoms with Gasteiger partial charge >= 0.3 is 0 Å². The maximum atomic E-state index is 13.4. The zero-order valence-corrected chi connectivity index (χ0v) is 25.2. The van der Waals surface area contributed by atoms with E-state index in [4.69, 9.17) is 23.2 Å². The third kappa shape index (κ3) is 7.17. The number of nitrogens with zero attached hydrogens (tertiary/aromatic N) is 1. The van der Waals surface area contributed by atoms with Crippen LogP contribution in [0.1, 0.15) is 27.9 Å². The molecule has 1 heterocycles. The molecule has 2 N–H and O–H groups in total. The van der Waals surface area contributed by atoms with Gasteiger partial charge in [0.1, 0.15) is 5.70 Å². The van der Waals surface area contributed by atoms with Crippen molar-refractivity contribution in [2.75, 3.05) is 10.2 Å². The molecule has 1 saturated heterocycles. The molecule has 0 saturated carbocycles. The molecule has 0 aromatic heterocycles. The average Bonchev–Trinajstić information content (AvgIpc) is 3.28. The highest BCUT2D eigenvalue weighted by molar-refractivity contribution is 8.00. The Labute approximate surface area is 262 Å². The first-order valence-electron chi connectivity index (χ1n) is 13.2. The zero-order valence-electron chi connectivity index (χ0n) is 22.8. The van der Waals surface area contributed by atoms with Gasteiger partial charge in [0, 0.05) is 22.6 Å². The molecule has 10 heteroatoms. The number of thioether (sulfide) groups is 1. The summed E-state index contributed by atoms with van der Waals surface area (Å²) in [6, 6.07) is 27.6. The number of amides is 4. The number of hydrogen-bond acceptors (Lipinski definition) is 5. The summed E-state index contributed by atoms with van der Waals surface area (Å²) in [5.41, 5.74) is 2.85. The van der Waals surface area contributed by atoms with Gasteiger partial charge in [-0.2, -0.15) is 0 Å². The van der Waals surface area contributed by atoms with E-state index < -0.39 is 17.1 Å². The normalized spacial score (nSPS) is 15.0. The molecule has 1 unspecified atom stereocenters. The number of anilines is 2.